The van der Waals surface area contributed by atoms with Crippen molar-refractivity contribution in [2.75, 3.05) is 5.75 Å². The Kier molecular flexibility index (Phi) is 4.29. The van der Waals surface area contributed by atoms with Crippen LogP contribution in [0.1, 0.15) is 29.5 Å². The van der Waals surface area contributed by atoms with Gasteiger partial charge < -0.3 is 9.67 Å². The molecule has 0 aliphatic heterocycles. The molecule has 0 atom stereocenters. The molecular formula is C13H17N3O4S. The van der Waals surface area contributed by atoms with Gasteiger partial charge in [0.1, 0.15) is 11.3 Å². The number of aromatic carboxylic acids is 1. The fourth-order valence-electron chi connectivity index (χ4n) is 2.31. The summed E-state index contributed by atoms with van der Waals surface area (Å²) in [5, 5.41) is 14.2. The lowest BCUT2D eigenvalue weighted by Crippen LogP contribution is -2.18. The minimum absolute atomic E-state index is 0.117. The predicted octanol–water partition coefficient (Wildman–Crippen LogP) is 0.975. The molecule has 7 nitrogen and oxygen atoms in total. The van der Waals surface area contributed by atoms with Crippen molar-refractivity contribution >= 4 is 27.0 Å². The van der Waals surface area contributed by atoms with E-state index >= 15 is 0 Å². The maximum Gasteiger partial charge on any atom is 0.337 e. The lowest BCUT2D eigenvalue weighted by atomic mass is 10.2. The lowest BCUT2D eigenvalue weighted by Gasteiger charge is -2.07. The Labute approximate surface area is 122 Å². The summed E-state index contributed by atoms with van der Waals surface area (Å²) in [5.41, 5.74) is 1.27. The molecule has 0 radical (unpaired) electrons. The standard InChI is InChI=1S/C13H17N3O4S/c1-2-11-15-12-9(13(17)18)5-3-6-10(12)16(11)7-4-8-21(14,19)20/h3,5-6H,2,4,7-8H2,1H3,(H,17,18)(H2,14,19,20). The quantitative estimate of drug-likeness (QED) is 0.825. The van der Waals surface area contributed by atoms with Gasteiger partial charge in [-0.25, -0.2) is 23.3 Å². The second kappa shape index (κ2) is 5.82. The third-order valence-electron chi connectivity index (χ3n) is 3.22. The number of aryl methyl sites for hydroxylation is 2. The molecular weight excluding hydrogens is 294 g/mol. The number of nitrogens with zero attached hydrogens (tertiary/aromatic N) is 2. The zero-order chi connectivity index (χ0) is 15.6. The summed E-state index contributed by atoms with van der Waals surface area (Å²) < 4.78 is 23.8. The highest BCUT2D eigenvalue weighted by atomic mass is 32.2. The fraction of sp³-hybridized carbons (Fsp3) is 0.385. The van der Waals surface area contributed by atoms with Gasteiger partial charge in [-0.2, -0.15) is 0 Å². The Morgan fingerprint density at radius 2 is 2.14 bits per heavy atom. The average Bonchev–Trinajstić information content (AvgIpc) is 2.75. The van der Waals surface area contributed by atoms with Gasteiger partial charge in [-0.15, -0.1) is 0 Å². The number of sulfonamides is 1. The SMILES string of the molecule is CCc1nc2c(C(=O)O)cccc2n1CCCS(N)(=O)=O. The van der Waals surface area contributed by atoms with Crippen LogP contribution in [0.2, 0.25) is 0 Å². The molecule has 1 aromatic heterocycles. The smallest absolute Gasteiger partial charge is 0.337 e. The highest BCUT2D eigenvalue weighted by molar-refractivity contribution is 7.89. The minimum Gasteiger partial charge on any atom is -0.478 e. The number of carboxylic acid groups (broad SMARTS) is 1. The number of carboxylic acids is 1. The number of hydrogen-bond donors (Lipinski definition) is 2. The van der Waals surface area contributed by atoms with Crippen molar-refractivity contribution in [3.05, 3.63) is 29.6 Å². The van der Waals surface area contributed by atoms with E-state index < -0.39 is 16.0 Å². The molecule has 0 unspecified atom stereocenters. The number of carbonyl (C=O) groups is 1. The first kappa shape index (κ1) is 15.5. The van der Waals surface area contributed by atoms with Crippen LogP contribution in [-0.4, -0.2) is 34.8 Å². The number of para-hydroxylation sites is 1. The van der Waals surface area contributed by atoms with Crippen LogP contribution in [0.5, 0.6) is 0 Å². The zero-order valence-electron chi connectivity index (χ0n) is 11.6. The van der Waals surface area contributed by atoms with Crippen LogP contribution >= 0.6 is 0 Å². The maximum absolute atomic E-state index is 11.2. The van der Waals surface area contributed by atoms with E-state index in [-0.39, 0.29) is 11.3 Å². The van der Waals surface area contributed by atoms with Crippen LogP contribution in [-0.2, 0) is 23.0 Å². The Balaban J connectivity index is 2.42. The van der Waals surface area contributed by atoms with Crippen LogP contribution in [0.25, 0.3) is 11.0 Å². The molecule has 0 fully saturated rings. The Morgan fingerprint density at radius 3 is 2.71 bits per heavy atom. The van der Waals surface area contributed by atoms with Crippen molar-refractivity contribution in [2.24, 2.45) is 5.14 Å². The van der Waals surface area contributed by atoms with Gasteiger partial charge in [-0.1, -0.05) is 13.0 Å². The number of primary sulfonamides is 1. The van der Waals surface area contributed by atoms with Gasteiger partial charge in [0.15, 0.2) is 0 Å². The van der Waals surface area contributed by atoms with E-state index in [2.05, 4.69) is 4.98 Å². The molecule has 0 amide bonds. The number of imidazole rings is 1. The largest absolute Gasteiger partial charge is 0.478 e. The molecule has 21 heavy (non-hydrogen) atoms. The first-order valence-electron chi connectivity index (χ1n) is 6.55. The fourth-order valence-corrected chi connectivity index (χ4v) is 2.84. The van der Waals surface area contributed by atoms with Crippen LogP contribution in [0, 0.1) is 0 Å². The molecule has 8 heteroatoms. The molecule has 1 aromatic carbocycles. The number of benzene rings is 1. The van der Waals surface area contributed by atoms with Crippen molar-refractivity contribution < 1.29 is 18.3 Å². The highest BCUT2D eigenvalue weighted by Crippen LogP contribution is 2.21. The van der Waals surface area contributed by atoms with E-state index in [1.165, 1.54) is 6.07 Å². The minimum atomic E-state index is -3.50. The summed E-state index contributed by atoms with van der Waals surface area (Å²) in [6.07, 6.45) is 0.984. The van der Waals surface area contributed by atoms with Crippen molar-refractivity contribution in [1.82, 2.24) is 9.55 Å². The van der Waals surface area contributed by atoms with Gasteiger partial charge in [-0.05, 0) is 18.6 Å². The van der Waals surface area contributed by atoms with Gasteiger partial charge in [0, 0.05) is 13.0 Å². The highest BCUT2D eigenvalue weighted by Gasteiger charge is 2.16. The first-order chi connectivity index (χ1) is 9.83. The van der Waals surface area contributed by atoms with Crippen molar-refractivity contribution in [3.63, 3.8) is 0 Å². The molecule has 0 aliphatic carbocycles. The molecule has 0 spiro atoms. The molecule has 3 N–H and O–H groups in total. The molecule has 0 saturated heterocycles. The van der Waals surface area contributed by atoms with Gasteiger partial charge in [0.2, 0.25) is 10.0 Å². The summed E-state index contributed by atoms with van der Waals surface area (Å²) in [5.74, 6) is -0.417. The van der Waals surface area contributed by atoms with Crippen LogP contribution < -0.4 is 5.14 Å². The lowest BCUT2D eigenvalue weighted by molar-refractivity contribution is 0.0699. The number of aromatic nitrogens is 2. The van der Waals surface area contributed by atoms with E-state index in [0.29, 0.717) is 30.4 Å². The summed E-state index contributed by atoms with van der Waals surface area (Å²) in [6, 6.07) is 4.94. The van der Waals surface area contributed by atoms with Gasteiger partial charge in [-0.3, -0.25) is 0 Å². The normalized spacial score (nSPS) is 11.9. The molecule has 0 aliphatic rings. The van der Waals surface area contributed by atoms with E-state index in [1.54, 1.807) is 12.1 Å². The Bertz CT molecular complexity index is 780. The monoisotopic (exact) mass is 311 g/mol. The van der Waals surface area contributed by atoms with E-state index in [0.717, 1.165) is 5.82 Å². The number of hydrogen-bond acceptors (Lipinski definition) is 4. The summed E-state index contributed by atoms with van der Waals surface area (Å²) in [7, 11) is -3.50. The Hall–Kier alpha value is -1.93. The predicted molar refractivity (Wildman–Crippen MR) is 78.7 cm³/mol. The van der Waals surface area contributed by atoms with Crippen molar-refractivity contribution in [3.8, 4) is 0 Å². The van der Waals surface area contributed by atoms with Gasteiger partial charge >= 0.3 is 5.97 Å². The third kappa shape index (κ3) is 3.40. The molecule has 2 aromatic rings. The topological polar surface area (TPSA) is 115 Å². The van der Waals surface area contributed by atoms with Gasteiger partial charge in [0.05, 0.1) is 16.8 Å². The van der Waals surface area contributed by atoms with Crippen LogP contribution in [0.3, 0.4) is 0 Å². The summed E-state index contributed by atoms with van der Waals surface area (Å²) in [6.45, 7) is 2.34. The average molecular weight is 311 g/mol. The number of nitrogens with two attached hydrogens (primary N) is 1. The van der Waals surface area contributed by atoms with E-state index in [4.69, 9.17) is 5.14 Å². The second-order valence-corrected chi connectivity index (χ2v) is 6.47. The molecule has 0 saturated carbocycles. The maximum atomic E-state index is 11.2. The Morgan fingerprint density at radius 1 is 1.43 bits per heavy atom. The van der Waals surface area contributed by atoms with Gasteiger partial charge in [0.25, 0.3) is 0 Å². The summed E-state index contributed by atoms with van der Waals surface area (Å²) >= 11 is 0. The van der Waals surface area contributed by atoms with E-state index in [9.17, 15) is 18.3 Å². The van der Waals surface area contributed by atoms with Crippen LogP contribution in [0.15, 0.2) is 18.2 Å². The van der Waals surface area contributed by atoms with E-state index in [1.807, 2.05) is 11.5 Å². The zero-order valence-corrected chi connectivity index (χ0v) is 12.4. The van der Waals surface area contributed by atoms with Crippen molar-refractivity contribution in [2.45, 2.75) is 26.3 Å². The van der Waals surface area contributed by atoms with Crippen molar-refractivity contribution in [1.29, 1.82) is 0 Å². The molecule has 114 valence electrons. The number of rotatable bonds is 6. The van der Waals surface area contributed by atoms with Crippen LogP contribution in [0.4, 0.5) is 0 Å². The summed E-state index contributed by atoms with van der Waals surface area (Å²) in [4.78, 5) is 15.6. The molecule has 1 heterocycles. The second-order valence-electron chi connectivity index (χ2n) is 4.73. The first-order valence-corrected chi connectivity index (χ1v) is 8.27. The molecule has 2 rings (SSSR count). The number of fused-ring (bicyclic) bond motifs is 1. The third-order valence-corrected chi connectivity index (χ3v) is 4.07. The molecule has 0 bridgehead atoms.